The molecule has 0 spiro atoms. The highest BCUT2D eigenvalue weighted by atomic mass is 16.2. The van der Waals surface area contributed by atoms with Gasteiger partial charge in [-0.2, -0.15) is 0 Å². The van der Waals surface area contributed by atoms with Crippen LogP contribution in [0.4, 0.5) is 0 Å². The summed E-state index contributed by atoms with van der Waals surface area (Å²) in [4.78, 5) is 18.4. The second-order valence-corrected chi connectivity index (χ2v) is 4.74. The smallest absolute Gasteiger partial charge is 0.223 e. The summed E-state index contributed by atoms with van der Waals surface area (Å²) in [5.74, 6) is 0.275. The third-order valence-corrected chi connectivity index (χ3v) is 3.46. The first-order chi connectivity index (χ1) is 8.83. The Morgan fingerprint density at radius 2 is 2.50 bits per heavy atom. The minimum absolute atomic E-state index is 0.237. The van der Waals surface area contributed by atoms with E-state index in [0.29, 0.717) is 6.42 Å². The highest BCUT2D eigenvalue weighted by Gasteiger charge is 2.29. The van der Waals surface area contributed by atoms with Gasteiger partial charge in [-0.3, -0.25) is 9.78 Å². The second kappa shape index (κ2) is 6.50. The van der Waals surface area contributed by atoms with Crippen LogP contribution in [0.5, 0.6) is 0 Å². The van der Waals surface area contributed by atoms with Gasteiger partial charge in [-0.05, 0) is 44.5 Å². The van der Waals surface area contributed by atoms with E-state index in [2.05, 4.69) is 16.4 Å². The number of likely N-dealkylation sites (tertiary alicyclic amines) is 1. The topological polar surface area (TPSA) is 45.2 Å². The lowest BCUT2D eigenvalue weighted by molar-refractivity contribution is -0.132. The van der Waals surface area contributed by atoms with E-state index in [1.54, 1.807) is 6.20 Å². The van der Waals surface area contributed by atoms with Crippen molar-refractivity contribution in [1.29, 1.82) is 0 Å². The SMILES string of the molecule is CNCCCC(=O)N1CCCC1c1cccnc1. The van der Waals surface area contributed by atoms with Crippen molar-refractivity contribution in [3.63, 3.8) is 0 Å². The molecule has 0 bridgehead atoms. The molecular weight excluding hydrogens is 226 g/mol. The fourth-order valence-electron chi connectivity index (χ4n) is 2.54. The normalized spacial score (nSPS) is 19.2. The van der Waals surface area contributed by atoms with E-state index in [4.69, 9.17) is 0 Å². The molecule has 1 amide bonds. The van der Waals surface area contributed by atoms with Gasteiger partial charge in [0, 0.05) is 25.4 Å². The molecule has 1 N–H and O–H groups in total. The van der Waals surface area contributed by atoms with Gasteiger partial charge in [0.2, 0.25) is 5.91 Å². The quantitative estimate of drug-likeness (QED) is 0.806. The van der Waals surface area contributed by atoms with Crippen molar-refractivity contribution in [3.8, 4) is 0 Å². The number of rotatable bonds is 5. The van der Waals surface area contributed by atoms with Crippen LogP contribution in [-0.2, 0) is 4.79 Å². The maximum Gasteiger partial charge on any atom is 0.223 e. The predicted octanol–water partition coefficient (Wildman–Crippen LogP) is 1.74. The molecule has 0 aromatic carbocycles. The third kappa shape index (κ3) is 3.07. The summed E-state index contributed by atoms with van der Waals surface area (Å²) in [5, 5.41) is 3.08. The van der Waals surface area contributed by atoms with E-state index in [9.17, 15) is 4.79 Å². The number of pyridine rings is 1. The van der Waals surface area contributed by atoms with Crippen molar-refractivity contribution in [2.45, 2.75) is 31.7 Å². The molecule has 0 saturated carbocycles. The molecule has 18 heavy (non-hydrogen) atoms. The van der Waals surface area contributed by atoms with Gasteiger partial charge in [0.15, 0.2) is 0 Å². The zero-order valence-electron chi connectivity index (χ0n) is 10.9. The summed E-state index contributed by atoms with van der Waals surface area (Å²) in [5.41, 5.74) is 1.16. The molecule has 1 unspecified atom stereocenters. The van der Waals surface area contributed by atoms with E-state index >= 15 is 0 Å². The van der Waals surface area contributed by atoms with E-state index < -0.39 is 0 Å². The number of carbonyl (C=O) groups is 1. The summed E-state index contributed by atoms with van der Waals surface area (Å²) >= 11 is 0. The Morgan fingerprint density at radius 3 is 3.22 bits per heavy atom. The number of aromatic nitrogens is 1. The van der Waals surface area contributed by atoms with Gasteiger partial charge in [-0.25, -0.2) is 0 Å². The number of hydrogen-bond acceptors (Lipinski definition) is 3. The van der Waals surface area contributed by atoms with Crippen LogP contribution in [0, 0.1) is 0 Å². The molecule has 1 aromatic heterocycles. The molecule has 1 aliphatic rings. The zero-order valence-corrected chi connectivity index (χ0v) is 10.9. The Kier molecular flexibility index (Phi) is 4.70. The molecule has 0 aliphatic carbocycles. The number of nitrogens with zero attached hydrogens (tertiary/aromatic N) is 2. The van der Waals surface area contributed by atoms with Crippen LogP contribution < -0.4 is 5.32 Å². The molecule has 98 valence electrons. The number of amides is 1. The maximum absolute atomic E-state index is 12.2. The molecule has 1 atom stereocenters. The van der Waals surface area contributed by atoms with E-state index in [0.717, 1.165) is 37.9 Å². The van der Waals surface area contributed by atoms with Crippen molar-refractivity contribution in [2.75, 3.05) is 20.1 Å². The number of carbonyl (C=O) groups excluding carboxylic acids is 1. The Hall–Kier alpha value is -1.42. The largest absolute Gasteiger partial charge is 0.336 e. The van der Waals surface area contributed by atoms with Gasteiger partial charge >= 0.3 is 0 Å². The van der Waals surface area contributed by atoms with E-state index in [1.807, 2.05) is 24.2 Å². The van der Waals surface area contributed by atoms with Gasteiger partial charge in [0.1, 0.15) is 0 Å². The Labute approximate surface area is 108 Å². The van der Waals surface area contributed by atoms with Gasteiger partial charge in [0.25, 0.3) is 0 Å². The average Bonchev–Trinajstić information content (AvgIpc) is 2.89. The molecule has 1 aliphatic heterocycles. The van der Waals surface area contributed by atoms with Crippen LogP contribution in [0.15, 0.2) is 24.5 Å². The first-order valence-corrected chi connectivity index (χ1v) is 6.67. The zero-order chi connectivity index (χ0) is 12.8. The van der Waals surface area contributed by atoms with Crippen LogP contribution in [0.25, 0.3) is 0 Å². The van der Waals surface area contributed by atoms with E-state index in [-0.39, 0.29) is 11.9 Å². The minimum Gasteiger partial charge on any atom is -0.336 e. The molecule has 4 nitrogen and oxygen atoms in total. The first kappa shape index (κ1) is 13.0. The van der Waals surface area contributed by atoms with Gasteiger partial charge in [-0.1, -0.05) is 6.07 Å². The highest BCUT2D eigenvalue weighted by molar-refractivity contribution is 5.77. The fraction of sp³-hybridized carbons (Fsp3) is 0.571. The fourth-order valence-corrected chi connectivity index (χ4v) is 2.54. The lowest BCUT2D eigenvalue weighted by Gasteiger charge is -2.25. The van der Waals surface area contributed by atoms with Crippen molar-refractivity contribution in [1.82, 2.24) is 15.2 Å². The molecule has 2 rings (SSSR count). The highest BCUT2D eigenvalue weighted by Crippen LogP contribution is 2.31. The Balaban J connectivity index is 1.97. The van der Waals surface area contributed by atoms with Gasteiger partial charge in [-0.15, -0.1) is 0 Å². The second-order valence-electron chi connectivity index (χ2n) is 4.74. The maximum atomic E-state index is 12.2. The molecule has 2 heterocycles. The van der Waals surface area contributed by atoms with Crippen molar-refractivity contribution < 1.29 is 4.79 Å². The lowest BCUT2D eigenvalue weighted by Crippen LogP contribution is -2.30. The Bertz CT molecular complexity index is 380. The predicted molar refractivity (Wildman–Crippen MR) is 71.1 cm³/mol. The molecule has 1 aromatic rings. The number of nitrogens with one attached hydrogen (secondary N) is 1. The molecule has 0 radical (unpaired) electrons. The molecular formula is C14H21N3O. The van der Waals surface area contributed by atoms with Crippen molar-refractivity contribution in [3.05, 3.63) is 30.1 Å². The minimum atomic E-state index is 0.237. The van der Waals surface area contributed by atoms with Crippen LogP contribution in [0.2, 0.25) is 0 Å². The van der Waals surface area contributed by atoms with Crippen molar-refractivity contribution in [2.24, 2.45) is 0 Å². The summed E-state index contributed by atoms with van der Waals surface area (Å²) in [6.45, 7) is 1.79. The lowest BCUT2D eigenvalue weighted by atomic mass is 10.1. The van der Waals surface area contributed by atoms with Crippen LogP contribution in [0.3, 0.4) is 0 Å². The summed E-state index contributed by atoms with van der Waals surface area (Å²) in [6.07, 6.45) is 7.35. The Morgan fingerprint density at radius 1 is 1.61 bits per heavy atom. The van der Waals surface area contributed by atoms with Crippen LogP contribution in [0.1, 0.15) is 37.3 Å². The summed E-state index contributed by atoms with van der Waals surface area (Å²) < 4.78 is 0. The van der Waals surface area contributed by atoms with Crippen molar-refractivity contribution >= 4 is 5.91 Å². The first-order valence-electron chi connectivity index (χ1n) is 6.67. The third-order valence-electron chi connectivity index (χ3n) is 3.46. The van der Waals surface area contributed by atoms with E-state index in [1.165, 1.54) is 0 Å². The standard InChI is InChI=1S/C14H21N3O/c1-15-8-3-7-14(18)17-10-4-6-13(17)12-5-2-9-16-11-12/h2,5,9,11,13,15H,3-4,6-8,10H2,1H3. The van der Waals surface area contributed by atoms with Gasteiger partial charge in [0.05, 0.1) is 6.04 Å². The molecule has 1 saturated heterocycles. The molecule has 4 heteroatoms. The summed E-state index contributed by atoms with van der Waals surface area (Å²) in [6, 6.07) is 4.24. The van der Waals surface area contributed by atoms with Crippen LogP contribution >= 0.6 is 0 Å². The monoisotopic (exact) mass is 247 g/mol. The van der Waals surface area contributed by atoms with Gasteiger partial charge < -0.3 is 10.2 Å². The number of hydrogen-bond donors (Lipinski definition) is 1. The molecule has 1 fully saturated rings. The average molecular weight is 247 g/mol. The van der Waals surface area contributed by atoms with Crippen LogP contribution in [-0.4, -0.2) is 35.9 Å². The summed E-state index contributed by atoms with van der Waals surface area (Å²) in [7, 11) is 1.92.